The van der Waals surface area contributed by atoms with E-state index in [0.717, 1.165) is 31.7 Å². The van der Waals surface area contributed by atoms with Crippen molar-refractivity contribution in [3.8, 4) is 11.4 Å². The summed E-state index contributed by atoms with van der Waals surface area (Å²) in [4.78, 5) is 17.1. The van der Waals surface area contributed by atoms with Gasteiger partial charge in [-0.3, -0.25) is 9.89 Å². The number of rotatable bonds is 4. The average molecular weight is 312 g/mol. The minimum Gasteiger partial charge on any atom is -0.348 e. The first-order chi connectivity index (χ1) is 11.3. The maximum atomic E-state index is 12.6. The van der Waals surface area contributed by atoms with E-state index in [1.807, 2.05) is 30.3 Å². The fraction of sp³-hybridized carbons (Fsp3) is 0.438. The standard InChI is InChI=1S/C16H20N6O/c23-15(16-9-17-6-12(16)7-18-10-16)19-8-13-20-14(22-21-13)11-4-2-1-3-5-11/h1-5,12,17-18H,6-10H2,(H,19,23)(H,20,21,22). The number of nitrogens with zero attached hydrogens (tertiary/aromatic N) is 2. The SMILES string of the molecule is O=C(NCc1nc(-c2ccccc2)n[nH]1)C12CNCC1CNC2. The van der Waals surface area contributed by atoms with Crippen molar-refractivity contribution in [2.75, 3.05) is 26.2 Å². The first-order valence-electron chi connectivity index (χ1n) is 7.94. The second-order valence-corrected chi connectivity index (χ2v) is 6.27. The number of aromatic nitrogens is 3. The molecule has 120 valence electrons. The van der Waals surface area contributed by atoms with Crippen LogP contribution < -0.4 is 16.0 Å². The average Bonchev–Trinajstić information content (AvgIpc) is 3.28. The van der Waals surface area contributed by atoms with Crippen LogP contribution in [0.25, 0.3) is 11.4 Å². The van der Waals surface area contributed by atoms with Gasteiger partial charge in [0.2, 0.25) is 5.91 Å². The number of nitrogens with one attached hydrogen (secondary N) is 4. The second kappa shape index (κ2) is 5.75. The van der Waals surface area contributed by atoms with Crippen molar-refractivity contribution >= 4 is 5.91 Å². The lowest BCUT2D eigenvalue weighted by molar-refractivity contribution is -0.130. The predicted molar refractivity (Wildman–Crippen MR) is 85.3 cm³/mol. The van der Waals surface area contributed by atoms with Crippen LogP contribution in [0.5, 0.6) is 0 Å². The molecule has 2 aliphatic heterocycles. The number of aromatic amines is 1. The Morgan fingerprint density at radius 3 is 2.70 bits per heavy atom. The molecule has 0 saturated carbocycles. The van der Waals surface area contributed by atoms with Crippen LogP contribution >= 0.6 is 0 Å². The van der Waals surface area contributed by atoms with Gasteiger partial charge in [0.15, 0.2) is 5.82 Å². The molecule has 1 amide bonds. The van der Waals surface area contributed by atoms with E-state index < -0.39 is 0 Å². The maximum Gasteiger partial charge on any atom is 0.229 e. The van der Waals surface area contributed by atoms with E-state index in [9.17, 15) is 4.79 Å². The van der Waals surface area contributed by atoms with Gasteiger partial charge in [-0.25, -0.2) is 4.98 Å². The van der Waals surface area contributed by atoms with Crippen LogP contribution in [0.15, 0.2) is 30.3 Å². The zero-order chi connectivity index (χ0) is 15.7. The molecule has 2 saturated heterocycles. The molecule has 2 aliphatic rings. The van der Waals surface area contributed by atoms with Crippen LogP contribution in [0.1, 0.15) is 5.82 Å². The number of hydrogen-bond acceptors (Lipinski definition) is 5. The van der Waals surface area contributed by atoms with E-state index in [-0.39, 0.29) is 11.3 Å². The molecule has 0 unspecified atom stereocenters. The molecule has 0 bridgehead atoms. The van der Waals surface area contributed by atoms with Crippen LogP contribution in [0.3, 0.4) is 0 Å². The molecule has 0 radical (unpaired) electrons. The lowest BCUT2D eigenvalue weighted by atomic mass is 9.80. The summed E-state index contributed by atoms with van der Waals surface area (Å²) in [5.74, 6) is 1.78. The third-order valence-electron chi connectivity index (χ3n) is 4.88. The Labute approximate surface area is 134 Å². The summed E-state index contributed by atoms with van der Waals surface area (Å²) in [6, 6.07) is 9.78. The predicted octanol–water partition coefficient (Wildman–Crippen LogP) is -0.103. The topological polar surface area (TPSA) is 94.7 Å². The largest absolute Gasteiger partial charge is 0.348 e. The molecular formula is C16H20N6O. The molecule has 1 aromatic carbocycles. The fourth-order valence-corrected chi connectivity index (χ4v) is 3.53. The molecule has 4 rings (SSSR count). The van der Waals surface area contributed by atoms with Crippen LogP contribution in [-0.2, 0) is 11.3 Å². The number of carbonyl (C=O) groups excluding carboxylic acids is 1. The van der Waals surface area contributed by atoms with Crippen molar-refractivity contribution in [1.82, 2.24) is 31.1 Å². The molecule has 0 atom stereocenters. The van der Waals surface area contributed by atoms with E-state index in [2.05, 4.69) is 31.1 Å². The summed E-state index contributed by atoms with van der Waals surface area (Å²) in [7, 11) is 0. The van der Waals surface area contributed by atoms with E-state index in [1.165, 1.54) is 0 Å². The molecular weight excluding hydrogens is 292 g/mol. The highest BCUT2D eigenvalue weighted by atomic mass is 16.2. The van der Waals surface area contributed by atoms with Gasteiger partial charge in [-0.15, -0.1) is 0 Å². The van der Waals surface area contributed by atoms with Crippen LogP contribution in [0, 0.1) is 11.3 Å². The number of amides is 1. The summed E-state index contributed by atoms with van der Waals surface area (Å²) in [6.45, 7) is 3.65. The van der Waals surface area contributed by atoms with Crippen molar-refractivity contribution < 1.29 is 4.79 Å². The van der Waals surface area contributed by atoms with E-state index >= 15 is 0 Å². The van der Waals surface area contributed by atoms with E-state index in [1.54, 1.807) is 0 Å². The maximum absolute atomic E-state index is 12.6. The van der Waals surface area contributed by atoms with Gasteiger partial charge >= 0.3 is 0 Å². The molecule has 3 heterocycles. The first kappa shape index (κ1) is 14.3. The van der Waals surface area contributed by atoms with Crippen molar-refractivity contribution in [3.05, 3.63) is 36.2 Å². The summed E-state index contributed by atoms with van der Waals surface area (Å²) in [6.07, 6.45) is 0. The summed E-state index contributed by atoms with van der Waals surface area (Å²) in [5, 5.41) is 16.8. The number of hydrogen-bond donors (Lipinski definition) is 4. The van der Waals surface area contributed by atoms with Gasteiger partial charge in [0.05, 0.1) is 12.0 Å². The lowest BCUT2D eigenvalue weighted by Gasteiger charge is -2.25. The third-order valence-corrected chi connectivity index (χ3v) is 4.88. The summed E-state index contributed by atoms with van der Waals surface area (Å²) in [5.41, 5.74) is 0.641. The zero-order valence-electron chi connectivity index (χ0n) is 12.8. The summed E-state index contributed by atoms with van der Waals surface area (Å²) >= 11 is 0. The van der Waals surface area contributed by atoms with Gasteiger partial charge in [0, 0.05) is 37.7 Å². The molecule has 2 fully saturated rings. The highest BCUT2D eigenvalue weighted by Crippen LogP contribution is 2.34. The molecule has 4 N–H and O–H groups in total. The van der Waals surface area contributed by atoms with Gasteiger partial charge in [-0.2, -0.15) is 5.10 Å². The van der Waals surface area contributed by atoms with Crippen LogP contribution in [-0.4, -0.2) is 47.3 Å². The molecule has 0 aliphatic carbocycles. The first-order valence-corrected chi connectivity index (χ1v) is 7.94. The Hall–Kier alpha value is -2.25. The van der Waals surface area contributed by atoms with Crippen molar-refractivity contribution in [2.24, 2.45) is 11.3 Å². The van der Waals surface area contributed by atoms with Gasteiger partial charge in [0.25, 0.3) is 0 Å². The fourth-order valence-electron chi connectivity index (χ4n) is 3.53. The molecule has 0 spiro atoms. The van der Waals surface area contributed by atoms with E-state index in [0.29, 0.717) is 24.1 Å². The molecule has 1 aromatic heterocycles. The van der Waals surface area contributed by atoms with Crippen molar-refractivity contribution in [3.63, 3.8) is 0 Å². The Morgan fingerprint density at radius 1 is 1.22 bits per heavy atom. The van der Waals surface area contributed by atoms with Crippen molar-refractivity contribution in [1.29, 1.82) is 0 Å². The normalized spacial score (nSPS) is 26.2. The minimum atomic E-state index is -0.317. The van der Waals surface area contributed by atoms with E-state index in [4.69, 9.17) is 0 Å². The lowest BCUT2D eigenvalue weighted by Crippen LogP contribution is -2.46. The van der Waals surface area contributed by atoms with Gasteiger partial charge in [-0.1, -0.05) is 30.3 Å². The number of benzene rings is 1. The molecule has 2 aromatic rings. The number of fused-ring (bicyclic) bond motifs is 1. The summed E-state index contributed by atoms with van der Waals surface area (Å²) < 4.78 is 0. The Kier molecular flexibility index (Phi) is 3.59. The minimum absolute atomic E-state index is 0.0927. The monoisotopic (exact) mass is 312 g/mol. The van der Waals surface area contributed by atoms with Crippen LogP contribution in [0.2, 0.25) is 0 Å². The van der Waals surface area contributed by atoms with Crippen molar-refractivity contribution in [2.45, 2.75) is 6.54 Å². The molecule has 23 heavy (non-hydrogen) atoms. The molecule has 7 heteroatoms. The number of H-pyrrole nitrogens is 1. The van der Waals surface area contributed by atoms with Gasteiger partial charge in [-0.05, 0) is 0 Å². The van der Waals surface area contributed by atoms with Gasteiger partial charge in [0.1, 0.15) is 5.82 Å². The Balaban J connectivity index is 1.42. The Morgan fingerprint density at radius 2 is 1.96 bits per heavy atom. The Bertz CT molecular complexity index is 688. The number of carbonyl (C=O) groups is 1. The highest BCUT2D eigenvalue weighted by Gasteiger charge is 2.51. The quantitative estimate of drug-likeness (QED) is 0.632. The zero-order valence-corrected chi connectivity index (χ0v) is 12.8. The highest BCUT2D eigenvalue weighted by molar-refractivity contribution is 5.84. The molecule has 7 nitrogen and oxygen atoms in total. The van der Waals surface area contributed by atoms with Gasteiger partial charge < -0.3 is 16.0 Å². The smallest absolute Gasteiger partial charge is 0.229 e. The second-order valence-electron chi connectivity index (χ2n) is 6.27. The third kappa shape index (κ3) is 2.51. The van der Waals surface area contributed by atoms with Crippen LogP contribution in [0.4, 0.5) is 0 Å².